The Labute approximate surface area is 417 Å². The van der Waals surface area contributed by atoms with Crippen molar-refractivity contribution in [1.29, 1.82) is 0 Å². The lowest BCUT2D eigenvalue weighted by Gasteiger charge is -2.31. The van der Waals surface area contributed by atoms with E-state index in [0.717, 1.165) is 64.6 Å². The first-order valence-corrected chi connectivity index (χ1v) is 25.5. The van der Waals surface area contributed by atoms with Crippen LogP contribution in [0.2, 0.25) is 0 Å². The lowest BCUT2D eigenvalue weighted by atomic mass is 9.79. The van der Waals surface area contributed by atoms with Crippen molar-refractivity contribution in [2.45, 2.75) is 19.9 Å². The second-order valence-corrected chi connectivity index (χ2v) is 21.7. The van der Waals surface area contributed by atoms with E-state index in [9.17, 15) is 19.2 Å². The predicted molar refractivity (Wildman–Crippen MR) is 305 cm³/mol. The molecule has 0 radical (unpaired) electrons. The molecule has 0 fully saturated rings. The molecule has 0 unspecified atom stereocenters. The highest BCUT2D eigenvalue weighted by Crippen LogP contribution is 2.54. The zero-order valence-corrected chi connectivity index (χ0v) is 40.0. The monoisotopic (exact) mass is 942 g/mol. The van der Waals surface area contributed by atoms with Crippen molar-refractivity contribution < 1.29 is 19.2 Å². The highest BCUT2D eigenvalue weighted by Gasteiger charge is 2.37. The fourth-order valence-corrected chi connectivity index (χ4v) is 15.4. The van der Waals surface area contributed by atoms with Gasteiger partial charge < -0.3 is 0 Å². The molecule has 340 valence electrons. The molecule has 0 aliphatic carbocycles. The van der Waals surface area contributed by atoms with Crippen molar-refractivity contribution in [3.05, 3.63) is 168 Å². The summed E-state index contributed by atoms with van der Waals surface area (Å²) >= 11 is 0. The second-order valence-electron chi connectivity index (χ2n) is 21.7. The van der Waals surface area contributed by atoms with Crippen LogP contribution in [0.3, 0.4) is 0 Å². The molecule has 0 atom stereocenters. The van der Waals surface area contributed by atoms with Crippen LogP contribution in [0.4, 0.5) is 0 Å². The van der Waals surface area contributed by atoms with Crippen LogP contribution in [-0.4, -0.2) is 46.5 Å². The molecule has 2 aliphatic heterocycles. The Morgan fingerprint density at radius 2 is 0.378 bits per heavy atom. The molecular formula is C68H34N2O4. The van der Waals surface area contributed by atoms with Gasteiger partial charge in [0.25, 0.3) is 23.6 Å². The fraction of sp³-hybridized carbons (Fsp3) is 0.0588. The molecule has 0 bridgehead atoms. The smallest absolute Gasteiger partial charge is 0.261 e. The summed E-state index contributed by atoms with van der Waals surface area (Å²) in [7, 11) is 1.57. The number of fused-ring (bicyclic) bond motifs is 10. The fourth-order valence-electron chi connectivity index (χ4n) is 15.4. The molecule has 6 heteroatoms. The van der Waals surface area contributed by atoms with Crippen molar-refractivity contribution in [2.24, 2.45) is 0 Å². The minimum atomic E-state index is -0.262. The van der Waals surface area contributed by atoms with Crippen molar-refractivity contribution in [2.75, 3.05) is 7.05 Å². The Balaban J connectivity index is 0.880. The summed E-state index contributed by atoms with van der Waals surface area (Å²) in [6, 6.07) is 52.9. The topological polar surface area (TPSA) is 74.8 Å². The molecule has 19 rings (SSSR count). The molecule has 6 nitrogen and oxygen atoms in total. The molecule has 0 saturated heterocycles. The van der Waals surface area contributed by atoms with Gasteiger partial charge in [0.15, 0.2) is 0 Å². The third-order valence-electron chi connectivity index (χ3n) is 18.4. The number of hydrogen-bond donors (Lipinski definition) is 0. The maximum atomic E-state index is 13.9. The number of nitrogens with zero attached hydrogens (tertiary/aromatic N) is 2. The molecule has 17 aromatic carbocycles. The number of amides is 4. The van der Waals surface area contributed by atoms with Crippen molar-refractivity contribution in [3.63, 3.8) is 0 Å². The van der Waals surface area contributed by atoms with Crippen molar-refractivity contribution in [1.82, 2.24) is 9.80 Å². The van der Waals surface area contributed by atoms with Crippen molar-refractivity contribution in [3.8, 4) is 0 Å². The van der Waals surface area contributed by atoms with E-state index in [4.69, 9.17) is 0 Å². The summed E-state index contributed by atoms with van der Waals surface area (Å²) in [6.07, 6.45) is 0. The molecule has 4 amide bonds. The van der Waals surface area contributed by atoms with Gasteiger partial charge in [-0.25, -0.2) is 0 Å². The van der Waals surface area contributed by atoms with E-state index in [1.807, 2.05) is 38.1 Å². The third kappa shape index (κ3) is 3.89. The van der Waals surface area contributed by atoms with Gasteiger partial charge in [0.2, 0.25) is 0 Å². The van der Waals surface area contributed by atoms with Crippen LogP contribution in [-0.2, 0) is 0 Å². The highest BCUT2D eigenvalue weighted by molar-refractivity contribution is 6.50. The number of rotatable bonds is 1. The van der Waals surface area contributed by atoms with E-state index < -0.39 is 0 Å². The van der Waals surface area contributed by atoms with Gasteiger partial charge in [-0.2, -0.15) is 0 Å². The van der Waals surface area contributed by atoms with E-state index in [0.29, 0.717) is 22.3 Å². The van der Waals surface area contributed by atoms with Gasteiger partial charge in [-0.3, -0.25) is 29.0 Å². The third-order valence-corrected chi connectivity index (χ3v) is 18.4. The predicted octanol–water partition coefficient (Wildman–Crippen LogP) is 16.6. The van der Waals surface area contributed by atoms with Crippen molar-refractivity contribution >= 4 is 196 Å². The largest absolute Gasteiger partial charge is 0.277 e. The molecule has 0 N–H and O–H groups in total. The van der Waals surface area contributed by atoms with Gasteiger partial charge in [0.1, 0.15) is 0 Å². The Hall–Kier alpha value is -9.52. The highest BCUT2D eigenvalue weighted by atomic mass is 16.2. The molecule has 2 heterocycles. The molecule has 0 aromatic heterocycles. The standard InChI is InChI=1S/C68H34N2O4/c1-28(2)70-67(73)51-26-22-47-43-18-14-39-35-10-6-31-29-4-8-33-37-12-16-41-45-20-24-49-63-50(66(72)69(3)65(49)71)25-21-46(61(45)63)42-17-13-38(57(37)59(41)42)34-9-5-30(53(29)55(33)34)32-7-11-36(56(35)54(31)32)40-15-19-44(60(43)58(39)40)48-23-27-52(68(70)74)64(51)62(47)48/h4-28H,1-3H3. The maximum Gasteiger partial charge on any atom is 0.261 e. The van der Waals surface area contributed by atoms with E-state index in [1.165, 1.54) is 118 Å². The Kier molecular flexibility index (Phi) is 6.21. The average Bonchev–Trinajstić information content (AvgIpc) is 3.45. The number of hydrogen-bond acceptors (Lipinski definition) is 4. The lowest BCUT2D eigenvalue weighted by Crippen LogP contribution is -2.44. The van der Waals surface area contributed by atoms with E-state index in [-0.39, 0.29) is 29.7 Å². The zero-order valence-electron chi connectivity index (χ0n) is 40.0. The van der Waals surface area contributed by atoms with Gasteiger partial charge >= 0.3 is 0 Å². The quantitative estimate of drug-likeness (QED) is 0.0933. The van der Waals surface area contributed by atoms with Gasteiger partial charge in [0, 0.05) is 46.1 Å². The molecule has 0 spiro atoms. The van der Waals surface area contributed by atoms with Crippen LogP contribution in [0.15, 0.2) is 146 Å². The first kappa shape index (κ1) is 38.2. The van der Waals surface area contributed by atoms with E-state index in [2.05, 4.69) is 121 Å². The SMILES string of the molecule is CC(C)N1C(=O)c2ccc3c4ccc5c6ccc7c8ccc9c%10ccc%11c%12ccc%13c%14c(ccc(c%15ccc(c%16ccc(c%17ccc(c%18ccc(c%19ccc(c2c3%19)C1=O)c4c5%18)c6c7%17)c8c9%16)c%10c%11%15)c%14%12)C(=O)N(C)C%13=O. The van der Waals surface area contributed by atoms with Gasteiger partial charge in [-0.1, -0.05) is 121 Å². The first-order valence-electron chi connectivity index (χ1n) is 25.5. The number of carbonyl (C=O) groups is 4. The maximum absolute atomic E-state index is 13.9. The number of carbonyl (C=O) groups excluding carboxylic acids is 4. The van der Waals surface area contributed by atoms with Crippen LogP contribution in [0.25, 0.3) is 172 Å². The average molecular weight is 943 g/mol. The Morgan fingerprint density at radius 3 is 0.554 bits per heavy atom. The Bertz CT molecular complexity index is 5370. The molecule has 2 aliphatic rings. The molecular weight excluding hydrogens is 909 g/mol. The number of imide groups is 2. The Morgan fingerprint density at radius 1 is 0.230 bits per heavy atom. The minimum absolute atomic E-state index is 0.230. The summed E-state index contributed by atoms with van der Waals surface area (Å²) in [6.45, 7) is 3.79. The number of benzene rings is 17. The summed E-state index contributed by atoms with van der Waals surface area (Å²) < 4.78 is 0. The van der Waals surface area contributed by atoms with E-state index >= 15 is 0 Å². The van der Waals surface area contributed by atoms with E-state index in [1.54, 1.807) is 7.05 Å². The summed E-state index contributed by atoms with van der Waals surface area (Å²) in [5.41, 5.74) is 2.33. The minimum Gasteiger partial charge on any atom is -0.277 e. The zero-order chi connectivity index (χ0) is 48.8. The summed E-state index contributed by atoms with van der Waals surface area (Å²) in [5, 5.41) is 37.0. The van der Waals surface area contributed by atoms with Crippen LogP contribution in [0.1, 0.15) is 55.3 Å². The summed E-state index contributed by atoms with van der Waals surface area (Å²) in [4.78, 5) is 57.4. The van der Waals surface area contributed by atoms with Gasteiger partial charge in [0.05, 0.1) is 0 Å². The van der Waals surface area contributed by atoms with Gasteiger partial charge in [-0.15, -0.1) is 0 Å². The van der Waals surface area contributed by atoms with Gasteiger partial charge in [-0.05, 0) is 200 Å². The lowest BCUT2D eigenvalue weighted by molar-refractivity contribution is 0.0561. The molecule has 74 heavy (non-hydrogen) atoms. The first-order chi connectivity index (χ1) is 36.2. The molecule has 17 aromatic rings. The normalized spacial score (nSPS) is 14.9. The van der Waals surface area contributed by atoms with Crippen LogP contribution in [0.5, 0.6) is 0 Å². The van der Waals surface area contributed by atoms with Crippen LogP contribution < -0.4 is 0 Å². The summed E-state index contributed by atoms with van der Waals surface area (Å²) in [5.74, 6) is -0.983. The molecule has 0 saturated carbocycles. The van der Waals surface area contributed by atoms with Crippen LogP contribution in [0, 0.1) is 0 Å². The van der Waals surface area contributed by atoms with Crippen LogP contribution >= 0.6 is 0 Å². The second kappa shape index (κ2) is 12.0.